The molecule has 3 aromatic carbocycles. The average Bonchev–Trinajstić information content (AvgIpc) is 3.22. The van der Waals surface area contributed by atoms with E-state index in [1.54, 1.807) is 18.2 Å². The molecule has 2 heterocycles. The Morgan fingerprint density at radius 3 is 2.42 bits per heavy atom. The number of nitrogens with zero attached hydrogens (tertiary/aromatic N) is 1. The molecule has 0 spiro atoms. The highest BCUT2D eigenvalue weighted by Gasteiger charge is 2.17. The minimum absolute atomic E-state index is 0.202. The highest BCUT2D eigenvalue weighted by molar-refractivity contribution is 7.80. The highest BCUT2D eigenvalue weighted by Crippen LogP contribution is 2.32. The van der Waals surface area contributed by atoms with Gasteiger partial charge in [0, 0.05) is 21.9 Å². The summed E-state index contributed by atoms with van der Waals surface area (Å²) < 4.78 is 0. The predicted octanol–water partition coefficient (Wildman–Crippen LogP) is 5.67. The molecule has 6 nitrogen and oxygen atoms in total. The van der Waals surface area contributed by atoms with Crippen molar-refractivity contribution in [3.8, 4) is 11.3 Å². The molecule has 33 heavy (non-hydrogen) atoms. The molecule has 0 aliphatic heterocycles. The molecule has 1 amide bonds. The maximum Gasteiger partial charge on any atom is 0.288 e. The van der Waals surface area contributed by atoms with Crippen LogP contribution in [0.25, 0.3) is 33.1 Å². The zero-order valence-corrected chi connectivity index (χ0v) is 18.8. The SMILES string of the molecule is O=C(NNC(=S)Nc1ccccc1Cl)c1cc2c([nH]c3ccccc32)c(-c2ccccc2)n1. The predicted molar refractivity (Wildman–Crippen MR) is 137 cm³/mol. The number of hydrogen-bond donors (Lipinski definition) is 4. The van der Waals surface area contributed by atoms with Crippen molar-refractivity contribution in [2.75, 3.05) is 5.32 Å². The molecule has 2 aromatic heterocycles. The van der Waals surface area contributed by atoms with Gasteiger partial charge in [-0.25, -0.2) is 4.98 Å². The van der Waals surface area contributed by atoms with Gasteiger partial charge in [-0.05, 0) is 36.5 Å². The lowest BCUT2D eigenvalue weighted by Crippen LogP contribution is -2.44. The first kappa shape index (κ1) is 20.9. The van der Waals surface area contributed by atoms with Gasteiger partial charge in [0.2, 0.25) is 0 Å². The Hall–Kier alpha value is -3.94. The smallest absolute Gasteiger partial charge is 0.288 e. The van der Waals surface area contributed by atoms with Crippen molar-refractivity contribution >= 4 is 62.3 Å². The number of hydrogen-bond acceptors (Lipinski definition) is 3. The first-order valence-corrected chi connectivity index (χ1v) is 11.0. The Balaban J connectivity index is 1.46. The van der Waals surface area contributed by atoms with Crippen LogP contribution >= 0.6 is 23.8 Å². The van der Waals surface area contributed by atoms with Gasteiger partial charge >= 0.3 is 0 Å². The van der Waals surface area contributed by atoms with E-state index in [2.05, 4.69) is 26.1 Å². The van der Waals surface area contributed by atoms with Gasteiger partial charge < -0.3 is 10.3 Å². The summed E-state index contributed by atoms with van der Waals surface area (Å²) in [6, 6.07) is 26.7. The minimum atomic E-state index is -0.414. The van der Waals surface area contributed by atoms with E-state index in [0.717, 1.165) is 27.4 Å². The third-order valence-electron chi connectivity index (χ3n) is 5.19. The molecule has 0 unspecified atom stereocenters. The van der Waals surface area contributed by atoms with Gasteiger partial charge in [-0.3, -0.25) is 15.6 Å². The summed E-state index contributed by atoms with van der Waals surface area (Å²) >= 11 is 11.4. The molecule has 8 heteroatoms. The van der Waals surface area contributed by atoms with Gasteiger partial charge in [0.25, 0.3) is 5.91 Å². The first-order valence-electron chi connectivity index (χ1n) is 10.2. The largest absolute Gasteiger partial charge is 0.353 e. The van der Waals surface area contributed by atoms with E-state index in [1.807, 2.05) is 66.7 Å². The number of fused-ring (bicyclic) bond motifs is 3. The number of halogens is 1. The van der Waals surface area contributed by atoms with E-state index >= 15 is 0 Å². The number of nitrogens with one attached hydrogen (secondary N) is 4. The lowest BCUT2D eigenvalue weighted by molar-refractivity contribution is 0.0939. The quantitative estimate of drug-likeness (QED) is 0.201. The van der Waals surface area contributed by atoms with Crippen molar-refractivity contribution in [3.63, 3.8) is 0 Å². The average molecular weight is 472 g/mol. The molecule has 0 saturated heterocycles. The van der Waals surface area contributed by atoms with Crippen molar-refractivity contribution in [3.05, 3.63) is 95.6 Å². The number of benzene rings is 3. The van der Waals surface area contributed by atoms with Crippen LogP contribution in [0.5, 0.6) is 0 Å². The highest BCUT2D eigenvalue weighted by atomic mass is 35.5. The third-order valence-corrected chi connectivity index (χ3v) is 5.72. The van der Waals surface area contributed by atoms with Crippen LogP contribution in [0.15, 0.2) is 84.9 Å². The second-order valence-corrected chi connectivity index (χ2v) is 8.14. The monoisotopic (exact) mass is 471 g/mol. The fourth-order valence-corrected chi connectivity index (χ4v) is 4.00. The summed E-state index contributed by atoms with van der Waals surface area (Å²) in [5.41, 5.74) is 9.69. The summed E-state index contributed by atoms with van der Waals surface area (Å²) in [5, 5.41) is 5.61. The van der Waals surface area contributed by atoms with Crippen LogP contribution in [0.4, 0.5) is 5.69 Å². The number of anilines is 1. The van der Waals surface area contributed by atoms with Crippen LogP contribution in [-0.4, -0.2) is 21.0 Å². The number of pyridine rings is 1. The summed E-state index contributed by atoms with van der Waals surface area (Å²) in [7, 11) is 0. The maximum absolute atomic E-state index is 13.0. The fourth-order valence-electron chi connectivity index (χ4n) is 3.66. The zero-order chi connectivity index (χ0) is 22.8. The lowest BCUT2D eigenvalue weighted by atomic mass is 10.1. The third kappa shape index (κ3) is 4.24. The molecule has 162 valence electrons. The number of carbonyl (C=O) groups is 1. The molecule has 0 aliphatic carbocycles. The van der Waals surface area contributed by atoms with Gasteiger partial charge in [-0.15, -0.1) is 0 Å². The summed E-state index contributed by atoms with van der Waals surface area (Å²) in [4.78, 5) is 21.1. The van der Waals surface area contributed by atoms with Gasteiger partial charge in [0.15, 0.2) is 5.11 Å². The van der Waals surface area contributed by atoms with Crippen LogP contribution in [0.1, 0.15) is 10.5 Å². The van der Waals surface area contributed by atoms with Gasteiger partial charge in [-0.1, -0.05) is 72.3 Å². The van der Waals surface area contributed by atoms with Crippen molar-refractivity contribution in [2.45, 2.75) is 0 Å². The normalized spacial score (nSPS) is 10.8. The lowest BCUT2D eigenvalue weighted by Gasteiger charge is -2.13. The molecule has 0 aliphatic rings. The standard InChI is InChI=1S/C25H18ClN5OS/c26-18-11-5-7-13-20(18)29-25(33)31-30-24(32)21-14-17-16-10-4-6-12-19(16)27-23(17)22(28-21)15-8-2-1-3-9-15/h1-14,27H,(H,30,32)(H2,29,31,33). The molecule has 0 radical (unpaired) electrons. The molecule has 0 saturated carbocycles. The minimum Gasteiger partial charge on any atom is -0.353 e. The van der Waals surface area contributed by atoms with Crippen LogP contribution < -0.4 is 16.2 Å². The van der Waals surface area contributed by atoms with Crippen molar-refractivity contribution in [2.24, 2.45) is 0 Å². The number of aromatic amines is 1. The second kappa shape index (κ2) is 8.90. The van der Waals surface area contributed by atoms with Crippen molar-refractivity contribution < 1.29 is 4.79 Å². The molecule has 0 atom stereocenters. The van der Waals surface area contributed by atoms with E-state index in [-0.39, 0.29) is 10.8 Å². The number of para-hydroxylation sites is 2. The fraction of sp³-hybridized carbons (Fsp3) is 0. The number of hydrazine groups is 1. The van der Waals surface area contributed by atoms with Gasteiger partial charge in [0.05, 0.1) is 21.9 Å². The van der Waals surface area contributed by atoms with Gasteiger partial charge in [0.1, 0.15) is 5.69 Å². The number of carbonyl (C=O) groups excluding carboxylic acids is 1. The number of thiocarbonyl (C=S) groups is 1. The molecular weight excluding hydrogens is 454 g/mol. The summed E-state index contributed by atoms with van der Waals surface area (Å²) in [5.74, 6) is -0.414. The van der Waals surface area contributed by atoms with Crippen LogP contribution in [0.2, 0.25) is 5.02 Å². The number of amides is 1. The number of aromatic nitrogens is 2. The van der Waals surface area contributed by atoms with E-state index in [1.165, 1.54) is 0 Å². The Labute approximate surface area is 200 Å². The molecule has 0 bridgehead atoms. The van der Waals surface area contributed by atoms with E-state index in [4.69, 9.17) is 23.8 Å². The van der Waals surface area contributed by atoms with Crippen molar-refractivity contribution in [1.29, 1.82) is 0 Å². The van der Waals surface area contributed by atoms with Gasteiger partial charge in [-0.2, -0.15) is 0 Å². The maximum atomic E-state index is 13.0. The molecule has 4 N–H and O–H groups in total. The van der Waals surface area contributed by atoms with Crippen molar-refractivity contribution in [1.82, 2.24) is 20.8 Å². The Morgan fingerprint density at radius 1 is 0.879 bits per heavy atom. The molecule has 5 aromatic rings. The second-order valence-electron chi connectivity index (χ2n) is 7.33. The summed E-state index contributed by atoms with van der Waals surface area (Å²) in [6.07, 6.45) is 0. The number of rotatable bonds is 3. The summed E-state index contributed by atoms with van der Waals surface area (Å²) in [6.45, 7) is 0. The molecule has 0 fully saturated rings. The Morgan fingerprint density at radius 2 is 1.61 bits per heavy atom. The Kier molecular flexibility index (Phi) is 5.64. The van der Waals surface area contributed by atoms with E-state index < -0.39 is 5.91 Å². The number of H-pyrrole nitrogens is 1. The first-order chi connectivity index (χ1) is 16.1. The molecule has 5 rings (SSSR count). The van der Waals surface area contributed by atoms with Crippen LogP contribution in [0, 0.1) is 0 Å². The zero-order valence-electron chi connectivity index (χ0n) is 17.2. The van der Waals surface area contributed by atoms with Crippen LogP contribution in [-0.2, 0) is 0 Å². The van der Waals surface area contributed by atoms with Crippen LogP contribution in [0.3, 0.4) is 0 Å². The topological polar surface area (TPSA) is 81.8 Å². The molecular formula is C25H18ClN5OS. The van der Waals surface area contributed by atoms with E-state index in [0.29, 0.717) is 16.4 Å². The van der Waals surface area contributed by atoms with E-state index in [9.17, 15) is 4.79 Å². The Bertz CT molecular complexity index is 1500.